The van der Waals surface area contributed by atoms with Crippen molar-refractivity contribution in [2.75, 3.05) is 63.9 Å². The molecule has 0 atom stereocenters. The van der Waals surface area contributed by atoms with Gasteiger partial charge >= 0.3 is 0 Å². The van der Waals surface area contributed by atoms with E-state index in [1.807, 2.05) is 17.2 Å². The summed E-state index contributed by atoms with van der Waals surface area (Å²) in [5.74, 6) is 1.28. The fourth-order valence-corrected chi connectivity index (χ4v) is 3.59. The van der Waals surface area contributed by atoms with Crippen LogP contribution in [0.25, 0.3) is 0 Å². The molecule has 144 valence electrons. The van der Waals surface area contributed by atoms with Crippen molar-refractivity contribution < 1.29 is 9.53 Å². The van der Waals surface area contributed by atoms with Crippen molar-refractivity contribution in [2.45, 2.75) is 32.6 Å². The number of amides is 1. The number of rotatable bonds is 7. The van der Waals surface area contributed by atoms with Crippen molar-refractivity contribution in [3.63, 3.8) is 0 Å². The molecule has 26 heavy (non-hydrogen) atoms. The third-order valence-corrected chi connectivity index (χ3v) is 5.33. The summed E-state index contributed by atoms with van der Waals surface area (Å²) in [6, 6.07) is 4.15. The molecule has 1 aromatic rings. The Morgan fingerprint density at radius 2 is 1.92 bits per heavy atom. The molecule has 0 spiro atoms. The van der Waals surface area contributed by atoms with Crippen molar-refractivity contribution in [1.29, 1.82) is 0 Å². The SMILES string of the molecule is CCCCN1CCN(C(=O)CCc2ccnc(N3CCOCC3)c2)CC1. The van der Waals surface area contributed by atoms with Gasteiger partial charge in [-0.1, -0.05) is 13.3 Å². The molecule has 2 aliphatic rings. The molecule has 1 aromatic heterocycles. The molecule has 1 amide bonds. The third-order valence-electron chi connectivity index (χ3n) is 5.33. The van der Waals surface area contributed by atoms with E-state index in [1.54, 1.807) is 0 Å². The molecule has 0 saturated carbocycles. The van der Waals surface area contributed by atoms with E-state index in [0.29, 0.717) is 6.42 Å². The molecule has 3 heterocycles. The molecule has 6 nitrogen and oxygen atoms in total. The van der Waals surface area contributed by atoms with E-state index >= 15 is 0 Å². The van der Waals surface area contributed by atoms with Crippen LogP contribution in [0.15, 0.2) is 18.3 Å². The summed E-state index contributed by atoms with van der Waals surface area (Å²) >= 11 is 0. The highest BCUT2D eigenvalue weighted by atomic mass is 16.5. The van der Waals surface area contributed by atoms with Crippen LogP contribution in [0.4, 0.5) is 5.82 Å². The number of piperazine rings is 1. The van der Waals surface area contributed by atoms with Gasteiger partial charge in [-0.15, -0.1) is 0 Å². The van der Waals surface area contributed by atoms with Crippen LogP contribution in [0.5, 0.6) is 0 Å². The molecule has 0 aliphatic carbocycles. The predicted molar refractivity (Wildman–Crippen MR) is 104 cm³/mol. The summed E-state index contributed by atoms with van der Waals surface area (Å²) in [6.45, 7) is 10.5. The molecule has 2 fully saturated rings. The number of aromatic nitrogens is 1. The van der Waals surface area contributed by atoms with Gasteiger partial charge in [-0.25, -0.2) is 4.98 Å². The van der Waals surface area contributed by atoms with Gasteiger partial charge < -0.3 is 14.5 Å². The molecule has 0 radical (unpaired) electrons. The standard InChI is InChI=1S/C20H32N4O2/c1-2-3-8-22-9-11-24(12-10-22)20(25)5-4-18-6-7-21-19(17-18)23-13-15-26-16-14-23/h6-7,17H,2-5,8-16H2,1H3. The number of anilines is 1. The van der Waals surface area contributed by atoms with Gasteiger partial charge in [0.2, 0.25) is 5.91 Å². The van der Waals surface area contributed by atoms with Crippen LogP contribution in [0.3, 0.4) is 0 Å². The van der Waals surface area contributed by atoms with E-state index in [4.69, 9.17) is 4.74 Å². The summed E-state index contributed by atoms with van der Waals surface area (Å²) in [7, 11) is 0. The number of carbonyl (C=O) groups is 1. The Bertz CT molecular complexity index is 567. The first-order valence-electron chi connectivity index (χ1n) is 10.0. The van der Waals surface area contributed by atoms with E-state index in [2.05, 4.69) is 27.8 Å². The van der Waals surface area contributed by atoms with Crippen LogP contribution in [-0.4, -0.2) is 79.7 Å². The highest BCUT2D eigenvalue weighted by molar-refractivity contribution is 5.76. The molecule has 0 aromatic carbocycles. The van der Waals surface area contributed by atoms with E-state index in [9.17, 15) is 4.79 Å². The fraction of sp³-hybridized carbons (Fsp3) is 0.700. The Balaban J connectivity index is 1.44. The third kappa shape index (κ3) is 5.42. The molecule has 6 heteroatoms. The quantitative estimate of drug-likeness (QED) is 0.742. The zero-order valence-electron chi connectivity index (χ0n) is 16.0. The van der Waals surface area contributed by atoms with Gasteiger partial charge in [0, 0.05) is 51.9 Å². The first-order valence-corrected chi connectivity index (χ1v) is 10.0. The lowest BCUT2D eigenvalue weighted by Crippen LogP contribution is -2.48. The normalized spacial score (nSPS) is 19.0. The molecular weight excluding hydrogens is 328 g/mol. The molecule has 0 bridgehead atoms. The number of ether oxygens (including phenoxy) is 1. The van der Waals surface area contributed by atoms with Gasteiger partial charge in [0.25, 0.3) is 0 Å². The summed E-state index contributed by atoms with van der Waals surface area (Å²) < 4.78 is 5.40. The summed E-state index contributed by atoms with van der Waals surface area (Å²) in [5.41, 5.74) is 1.19. The Hall–Kier alpha value is -1.66. The van der Waals surface area contributed by atoms with Gasteiger partial charge in [0.15, 0.2) is 0 Å². The lowest BCUT2D eigenvalue weighted by atomic mass is 10.1. The lowest BCUT2D eigenvalue weighted by Gasteiger charge is -2.34. The number of hydrogen-bond donors (Lipinski definition) is 0. The molecule has 0 N–H and O–H groups in total. The van der Waals surface area contributed by atoms with E-state index < -0.39 is 0 Å². The van der Waals surface area contributed by atoms with Gasteiger partial charge in [-0.2, -0.15) is 0 Å². The number of carbonyl (C=O) groups excluding carboxylic acids is 1. The summed E-state index contributed by atoms with van der Waals surface area (Å²) in [6.07, 6.45) is 5.71. The van der Waals surface area contributed by atoms with Crippen LogP contribution in [0, 0.1) is 0 Å². The fourth-order valence-electron chi connectivity index (χ4n) is 3.59. The maximum absolute atomic E-state index is 12.5. The topological polar surface area (TPSA) is 48.9 Å². The Morgan fingerprint density at radius 3 is 2.65 bits per heavy atom. The second kappa shape index (κ2) is 9.88. The Morgan fingerprint density at radius 1 is 1.15 bits per heavy atom. The second-order valence-corrected chi connectivity index (χ2v) is 7.20. The first-order chi connectivity index (χ1) is 12.8. The average molecular weight is 361 g/mol. The van der Waals surface area contributed by atoms with Crippen molar-refractivity contribution in [3.05, 3.63) is 23.9 Å². The minimum Gasteiger partial charge on any atom is -0.378 e. The van der Waals surface area contributed by atoms with Gasteiger partial charge in [-0.3, -0.25) is 9.69 Å². The zero-order valence-corrected chi connectivity index (χ0v) is 16.0. The number of morpholine rings is 1. The number of unbranched alkanes of at least 4 members (excludes halogenated alkanes) is 1. The predicted octanol–water partition coefficient (Wildman–Crippen LogP) is 1.80. The van der Waals surface area contributed by atoms with Crippen LogP contribution < -0.4 is 4.90 Å². The van der Waals surface area contributed by atoms with Crippen molar-refractivity contribution in [1.82, 2.24) is 14.8 Å². The average Bonchev–Trinajstić information content (AvgIpc) is 2.72. The van der Waals surface area contributed by atoms with Gasteiger partial charge in [0.05, 0.1) is 13.2 Å². The van der Waals surface area contributed by atoms with Gasteiger partial charge in [-0.05, 0) is 37.1 Å². The van der Waals surface area contributed by atoms with E-state index in [1.165, 1.54) is 24.9 Å². The molecule has 2 aliphatic heterocycles. The van der Waals surface area contributed by atoms with Crippen LogP contribution in [-0.2, 0) is 16.0 Å². The van der Waals surface area contributed by atoms with Gasteiger partial charge in [0.1, 0.15) is 5.82 Å². The highest BCUT2D eigenvalue weighted by Crippen LogP contribution is 2.16. The minimum absolute atomic E-state index is 0.282. The monoisotopic (exact) mass is 360 g/mol. The largest absolute Gasteiger partial charge is 0.378 e. The Labute approximate surface area is 157 Å². The summed E-state index contributed by atoms with van der Waals surface area (Å²) in [4.78, 5) is 23.8. The number of hydrogen-bond acceptors (Lipinski definition) is 5. The zero-order chi connectivity index (χ0) is 18.2. The second-order valence-electron chi connectivity index (χ2n) is 7.20. The smallest absolute Gasteiger partial charge is 0.222 e. The summed E-state index contributed by atoms with van der Waals surface area (Å²) in [5, 5.41) is 0. The van der Waals surface area contributed by atoms with E-state index in [0.717, 1.165) is 64.7 Å². The number of nitrogens with zero attached hydrogens (tertiary/aromatic N) is 4. The first kappa shape index (κ1) is 19.1. The van der Waals surface area contributed by atoms with Crippen molar-refractivity contribution in [3.8, 4) is 0 Å². The van der Waals surface area contributed by atoms with Crippen molar-refractivity contribution in [2.24, 2.45) is 0 Å². The lowest BCUT2D eigenvalue weighted by molar-refractivity contribution is -0.132. The molecular formula is C20H32N4O2. The highest BCUT2D eigenvalue weighted by Gasteiger charge is 2.20. The van der Waals surface area contributed by atoms with E-state index in [-0.39, 0.29) is 5.91 Å². The van der Waals surface area contributed by atoms with Crippen LogP contribution in [0.1, 0.15) is 31.7 Å². The number of pyridine rings is 1. The Kier molecular flexibility index (Phi) is 7.26. The maximum Gasteiger partial charge on any atom is 0.222 e. The molecule has 0 unspecified atom stereocenters. The molecule has 3 rings (SSSR count). The number of aryl methyl sites for hydroxylation is 1. The maximum atomic E-state index is 12.5. The minimum atomic E-state index is 0.282. The van der Waals surface area contributed by atoms with Crippen molar-refractivity contribution >= 4 is 11.7 Å². The van der Waals surface area contributed by atoms with Crippen LogP contribution >= 0.6 is 0 Å². The molecule has 2 saturated heterocycles. The van der Waals surface area contributed by atoms with Crippen LogP contribution in [0.2, 0.25) is 0 Å².